The van der Waals surface area contributed by atoms with Crippen LogP contribution < -0.4 is 0 Å². The van der Waals surface area contributed by atoms with E-state index in [1.807, 2.05) is 34.6 Å². The maximum atomic E-state index is 12.1. The summed E-state index contributed by atoms with van der Waals surface area (Å²) in [6.07, 6.45) is 1.09. The molecule has 0 amide bonds. The van der Waals surface area contributed by atoms with Gasteiger partial charge >= 0.3 is 5.97 Å². The van der Waals surface area contributed by atoms with E-state index in [-0.39, 0.29) is 5.97 Å². The van der Waals surface area contributed by atoms with Crippen LogP contribution in [0.1, 0.15) is 82.6 Å². The molecule has 0 aliphatic heterocycles. The largest absolute Gasteiger partial charge is 0.446 e. The first-order valence-electron chi connectivity index (χ1n) is 10.5. The molecule has 156 valence electrons. The predicted octanol–water partition coefficient (Wildman–Crippen LogP) is 6.19. The van der Waals surface area contributed by atoms with E-state index in [1.165, 1.54) is 0 Å². The highest BCUT2D eigenvalue weighted by Crippen LogP contribution is 2.45. The summed E-state index contributed by atoms with van der Waals surface area (Å²) in [5.41, 5.74) is 0.572. The highest BCUT2D eigenvalue weighted by atomic mass is 28.4. The molecule has 0 aromatic heterocycles. The molecule has 1 aliphatic rings. The van der Waals surface area contributed by atoms with Crippen molar-refractivity contribution < 1.29 is 14.0 Å². The Morgan fingerprint density at radius 2 is 1.48 bits per heavy atom. The number of ether oxygens (including phenoxy) is 1. The first-order valence-corrected chi connectivity index (χ1v) is 12.7. The lowest BCUT2D eigenvalue weighted by Crippen LogP contribution is -2.48. The Bertz CT molecular complexity index is 551. The monoisotopic (exact) mass is 394 g/mol. The standard InChI is InChI=1S/C23H42O3Si/c1-16(2)27(17(3)4,18(5)6)25-15-20-14-19(20)12-13-23(10,11)26-21(24)22(7,8)9/h16-20H,14-15H2,1-11H3. The summed E-state index contributed by atoms with van der Waals surface area (Å²) in [6, 6.07) is 0. The SMILES string of the molecule is CC(C)[Si](OCC1CC1C#CC(C)(C)OC(=O)C(C)(C)C)(C(C)C)C(C)C. The van der Waals surface area contributed by atoms with Gasteiger partial charge in [-0.25, -0.2) is 0 Å². The van der Waals surface area contributed by atoms with E-state index in [0.29, 0.717) is 28.5 Å². The number of carbonyl (C=O) groups excluding carboxylic acids is 1. The van der Waals surface area contributed by atoms with Crippen molar-refractivity contribution in [2.75, 3.05) is 6.61 Å². The van der Waals surface area contributed by atoms with Gasteiger partial charge in [0, 0.05) is 12.5 Å². The molecule has 0 radical (unpaired) electrons. The van der Waals surface area contributed by atoms with Crippen molar-refractivity contribution in [3.8, 4) is 11.8 Å². The minimum atomic E-state index is -1.80. The molecule has 3 nitrogen and oxygen atoms in total. The summed E-state index contributed by atoms with van der Waals surface area (Å²) >= 11 is 0. The van der Waals surface area contributed by atoms with Crippen LogP contribution in [0.2, 0.25) is 16.6 Å². The van der Waals surface area contributed by atoms with E-state index in [0.717, 1.165) is 13.0 Å². The average molecular weight is 395 g/mol. The molecule has 1 rings (SSSR count). The molecule has 1 fully saturated rings. The van der Waals surface area contributed by atoms with Crippen molar-refractivity contribution in [2.45, 2.75) is 105 Å². The summed E-state index contributed by atoms with van der Waals surface area (Å²) in [4.78, 5) is 12.1. The summed E-state index contributed by atoms with van der Waals surface area (Å²) in [5.74, 6) is 7.20. The summed E-state index contributed by atoms with van der Waals surface area (Å²) in [5, 5.41) is 0. The van der Waals surface area contributed by atoms with Gasteiger partial charge in [-0.1, -0.05) is 53.4 Å². The second kappa shape index (κ2) is 8.70. The second-order valence-electron chi connectivity index (χ2n) is 10.7. The van der Waals surface area contributed by atoms with E-state index in [4.69, 9.17) is 9.16 Å². The normalized spacial score (nSPS) is 20.7. The number of esters is 1. The highest BCUT2D eigenvalue weighted by molar-refractivity contribution is 6.77. The zero-order chi connectivity index (χ0) is 21.2. The lowest BCUT2D eigenvalue weighted by atomic mass is 9.97. The van der Waals surface area contributed by atoms with E-state index < -0.39 is 19.3 Å². The van der Waals surface area contributed by atoms with Crippen molar-refractivity contribution in [1.29, 1.82) is 0 Å². The van der Waals surface area contributed by atoms with Gasteiger partial charge < -0.3 is 9.16 Å². The molecular formula is C23H42O3Si. The van der Waals surface area contributed by atoms with Crippen LogP contribution in [0.4, 0.5) is 0 Å². The van der Waals surface area contributed by atoms with E-state index in [1.54, 1.807) is 0 Å². The Morgan fingerprint density at radius 1 is 1.00 bits per heavy atom. The average Bonchev–Trinajstić information content (AvgIpc) is 3.22. The minimum absolute atomic E-state index is 0.209. The fourth-order valence-electron chi connectivity index (χ4n) is 4.04. The fraction of sp³-hybridized carbons (Fsp3) is 0.870. The summed E-state index contributed by atoms with van der Waals surface area (Å²) in [6.45, 7) is 24.1. The molecule has 0 bridgehead atoms. The van der Waals surface area contributed by atoms with Crippen LogP contribution in [0.3, 0.4) is 0 Å². The van der Waals surface area contributed by atoms with Crippen LogP contribution in [0.5, 0.6) is 0 Å². The molecule has 2 atom stereocenters. The van der Waals surface area contributed by atoms with Crippen LogP contribution in [0.15, 0.2) is 0 Å². The van der Waals surface area contributed by atoms with Crippen molar-refractivity contribution in [3.63, 3.8) is 0 Å². The molecule has 27 heavy (non-hydrogen) atoms. The van der Waals surface area contributed by atoms with Gasteiger partial charge in [-0.15, -0.1) is 0 Å². The molecule has 0 N–H and O–H groups in total. The molecule has 4 heteroatoms. The lowest BCUT2D eigenvalue weighted by molar-refractivity contribution is -0.161. The van der Waals surface area contributed by atoms with Crippen molar-refractivity contribution in [2.24, 2.45) is 17.3 Å². The van der Waals surface area contributed by atoms with Crippen LogP contribution in [-0.2, 0) is 14.0 Å². The Labute approximate surface area is 169 Å². The number of carbonyl (C=O) groups is 1. The van der Waals surface area contributed by atoms with Crippen molar-refractivity contribution in [1.82, 2.24) is 0 Å². The predicted molar refractivity (Wildman–Crippen MR) is 116 cm³/mol. The molecule has 0 heterocycles. The molecule has 0 aromatic rings. The van der Waals surface area contributed by atoms with Gasteiger partial charge in [0.25, 0.3) is 0 Å². The van der Waals surface area contributed by atoms with Gasteiger partial charge in [-0.2, -0.15) is 0 Å². The molecule has 1 saturated carbocycles. The van der Waals surface area contributed by atoms with Gasteiger partial charge in [-0.3, -0.25) is 4.79 Å². The third kappa shape index (κ3) is 6.36. The van der Waals surface area contributed by atoms with Crippen LogP contribution >= 0.6 is 0 Å². The maximum absolute atomic E-state index is 12.1. The second-order valence-corrected chi connectivity index (χ2v) is 16.1. The quantitative estimate of drug-likeness (QED) is 0.293. The van der Waals surface area contributed by atoms with Crippen LogP contribution in [-0.4, -0.2) is 26.5 Å². The molecule has 1 aliphatic carbocycles. The number of hydrogen-bond donors (Lipinski definition) is 0. The maximum Gasteiger partial charge on any atom is 0.312 e. The first-order chi connectivity index (χ1) is 12.1. The first kappa shape index (κ1) is 24.2. The molecule has 0 saturated heterocycles. The van der Waals surface area contributed by atoms with Gasteiger partial charge in [0.05, 0.1) is 5.41 Å². The number of rotatable bonds is 7. The van der Waals surface area contributed by atoms with Gasteiger partial charge in [0.15, 0.2) is 13.9 Å². The zero-order valence-corrected chi connectivity index (χ0v) is 20.5. The van der Waals surface area contributed by atoms with Gasteiger partial charge in [0.1, 0.15) is 0 Å². The Hall–Kier alpha value is -0.793. The Kier molecular flexibility index (Phi) is 7.81. The molecular weight excluding hydrogens is 352 g/mol. The molecule has 0 spiro atoms. The summed E-state index contributed by atoms with van der Waals surface area (Å²) < 4.78 is 12.3. The van der Waals surface area contributed by atoms with Crippen LogP contribution in [0.25, 0.3) is 0 Å². The smallest absolute Gasteiger partial charge is 0.312 e. The van der Waals surface area contributed by atoms with Crippen LogP contribution in [0, 0.1) is 29.1 Å². The van der Waals surface area contributed by atoms with E-state index in [9.17, 15) is 4.79 Å². The highest BCUT2D eigenvalue weighted by Gasteiger charge is 2.47. The molecule has 0 aromatic carbocycles. The minimum Gasteiger partial charge on any atom is -0.446 e. The Balaban J connectivity index is 2.67. The fourth-order valence-corrected chi connectivity index (χ4v) is 9.54. The molecule has 2 unspecified atom stereocenters. The van der Waals surface area contributed by atoms with Gasteiger partial charge in [-0.05, 0) is 63.6 Å². The summed E-state index contributed by atoms with van der Waals surface area (Å²) in [7, 11) is -1.80. The number of hydrogen-bond acceptors (Lipinski definition) is 3. The van der Waals surface area contributed by atoms with E-state index in [2.05, 4.69) is 53.4 Å². The third-order valence-corrected chi connectivity index (χ3v) is 11.8. The van der Waals surface area contributed by atoms with Crippen molar-refractivity contribution in [3.05, 3.63) is 0 Å². The van der Waals surface area contributed by atoms with Gasteiger partial charge in [0.2, 0.25) is 0 Å². The third-order valence-electron chi connectivity index (χ3n) is 5.70. The van der Waals surface area contributed by atoms with Crippen molar-refractivity contribution >= 4 is 14.3 Å². The topological polar surface area (TPSA) is 35.5 Å². The van der Waals surface area contributed by atoms with E-state index >= 15 is 0 Å². The lowest BCUT2D eigenvalue weighted by Gasteiger charge is -2.42. The zero-order valence-electron chi connectivity index (χ0n) is 19.5. The Morgan fingerprint density at radius 3 is 1.89 bits per heavy atom.